The van der Waals surface area contributed by atoms with Crippen molar-refractivity contribution >= 4 is 39.9 Å². The molecule has 46 heavy (non-hydrogen) atoms. The first-order valence-electron chi connectivity index (χ1n) is 14.6. The summed E-state index contributed by atoms with van der Waals surface area (Å²) >= 11 is 0. The number of amides is 3. The lowest BCUT2D eigenvalue weighted by molar-refractivity contribution is -0.129. The zero-order valence-corrected chi connectivity index (χ0v) is 25.0. The van der Waals surface area contributed by atoms with Crippen molar-refractivity contribution in [2.45, 2.75) is 39.5 Å². The predicted octanol–water partition coefficient (Wildman–Crippen LogP) is 5.91. The van der Waals surface area contributed by atoms with Crippen molar-refractivity contribution in [1.29, 1.82) is 10.5 Å². The van der Waals surface area contributed by atoms with Crippen LogP contribution in [0, 0.1) is 28.6 Å². The molecule has 9 nitrogen and oxygen atoms in total. The Hall–Kier alpha value is -5.81. The summed E-state index contributed by atoms with van der Waals surface area (Å²) < 4.78 is 32.0. The molecule has 232 valence electrons. The number of nitrogens with one attached hydrogen (secondary N) is 1. The van der Waals surface area contributed by atoms with Gasteiger partial charge in [0, 0.05) is 17.0 Å². The summed E-state index contributed by atoms with van der Waals surface area (Å²) in [5.41, 5.74) is 1.48. The highest BCUT2D eigenvalue weighted by Gasteiger charge is 2.38. The molecule has 0 unspecified atom stereocenters. The number of carbonyl (C=O) groups excluding carboxylic acids is 3. The smallest absolute Gasteiger partial charge is 0.387 e. The third kappa shape index (κ3) is 6.35. The summed E-state index contributed by atoms with van der Waals surface area (Å²) in [5.74, 6) is -2.10. The average Bonchev–Trinajstić information content (AvgIpc) is 3.18. The molecule has 4 aromatic carbocycles. The molecule has 3 amide bonds. The Labute approximate surface area is 264 Å². The molecule has 2 atom stereocenters. The molecule has 4 aromatic rings. The number of carbonyl (C=O) groups is 3. The first-order chi connectivity index (χ1) is 22.1. The van der Waals surface area contributed by atoms with Crippen LogP contribution >= 0.6 is 0 Å². The van der Waals surface area contributed by atoms with Crippen molar-refractivity contribution in [3.8, 4) is 17.9 Å². The van der Waals surface area contributed by atoms with E-state index in [1.807, 2.05) is 13.0 Å². The van der Waals surface area contributed by atoms with Crippen LogP contribution in [0.5, 0.6) is 5.75 Å². The third-order valence-corrected chi connectivity index (χ3v) is 8.03. The standard InChI is InChI=1S/C35H29F2N5O4/c1-3-21(2)32(43)40-28-20-42(33(44)25-11-8-22(17-38)9-12-25)30-16-23(18-39)10-14-29(30)41(34(28)45)19-27-26-7-5-4-6-24(26)13-15-31(27)46-35(36)37/h4-16,21,28,35H,3,19-20H2,1-2H3,(H,40,43)/t21-,28+/m1/s1. The maximum Gasteiger partial charge on any atom is 0.387 e. The maximum atomic E-state index is 14.5. The van der Waals surface area contributed by atoms with Gasteiger partial charge in [-0.2, -0.15) is 19.3 Å². The summed E-state index contributed by atoms with van der Waals surface area (Å²) in [6, 6.07) is 23.4. The van der Waals surface area contributed by atoms with E-state index < -0.39 is 36.3 Å². The van der Waals surface area contributed by atoms with Crippen molar-refractivity contribution in [2.75, 3.05) is 16.3 Å². The van der Waals surface area contributed by atoms with Gasteiger partial charge in [0.1, 0.15) is 11.8 Å². The fourth-order valence-corrected chi connectivity index (χ4v) is 5.35. The van der Waals surface area contributed by atoms with Gasteiger partial charge in [-0.15, -0.1) is 0 Å². The summed E-state index contributed by atoms with van der Waals surface area (Å²) in [6.07, 6.45) is 0.500. The largest absolute Gasteiger partial charge is 0.434 e. The minimum atomic E-state index is -3.13. The van der Waals surface area contributed by atoms with Crippen molar-refractivity contribution in [3.05, 3.63) is 101 Å². The van der Waals surface area contributed by atoms with E-state index in [-0.39, 0.29) is 41.3 Å². The molecule has 1 N–H and O–H groups in total. The second-order valence-electron chi connectivity index (χ2n) is 10.9. The van der Waals surface area contributed by atoms with Gasteiger partial charge in [-0.3, -0.25) is 14.4 Å². The van der Waals surface area contributed by atoms with E-state index in [9.17, 15) is 33.7 Å². The Morgan fingerprint density at radius 2 is 1.67 bits per heavy atom. The van der Waals surface area contributed by atoms with Gasteiger partial charge in [0.15, 0.2) is 0 Å². The van der Waals surface area contributed by atoms with Crippen molar-refractivity contribution in [2.24, 2.45) is 5.92 Å². The third-order valence-electron chi connectivity index (χ3n) is 8.03. The van der Waals surface area contributed by atoms with E-state index in [2.05, 4.69) is 11.4 Å². The van der Waals surface area contributed by atoms with E-state index in [4.69, 9.17) is 4.74 Å². The molecule has 0 aromatic heterocycles. The predicted molar refractivity (Wildman–Crippen MR) is 167 cm³/mol. The van der Waals surface area contributed by atoms with Crippen LogP contribution in [-0.4, -0.2) is 36.9 Å². The van der Waals surface area contributed by atoms with Crippen molar-refractivity contribution < 1.29 is 27.9 Å². The Morgan fingerprint density at radius 3 is 2.35 bits per heavy atom. The first-order valence-corrected chi connectivity index (χ1v) is 14.6. The number of hydrogen-bond donors (Lipinski definition) is 1. The van der Waals surface area contributed by atoms with Crippen LogP contribution in [-0.2, 0) is 16.1 Å². The Bertz CT molecular complexity index is 1900. The summed E-state index contributed by atoms with van der Waals surface area (Å²) in [7, 11) is 0. The number of halogens is 2. The van der Waals surface area contributed by atoms with E-state index in [0.717, 1.165) is 5.39 Å². The fraction of sp³-hybridized carbons (Fsp3) is 0.229. The van der Waals surface area contributed by atoms with Crippen LogP contribution < -0.4 is 19.9 Å². The molecule has 1 heterocycles. The molecular weight excluding hydrogens is 592 g/mol. The lowest BCUT2D eigenvalue weighted by atomic mass is 10.0. The second kappa shape index (κ2) is 13.4. The molecule has 0 aliphatic carbocycles. The van der Waals surface area contributed by atoms with Gasteiger partial charge in [0.05, 0.1) is 47.7 Å². The van der Waals surface area contributed by atoms with E-state index in [1.54, 1.807) is 37.3 Å². The average molecular weight is 622 g/mol. The number of rotatable bonds is 8. The summed E-state index contributed by atoms with van der Waals surface area (Å²) in [5, 5.41) is 23.1. The maximum absolute atomic E-state index is 14.5. The number of nitrogens with zero attached hydrogens (tertiary/aromatic N) is 4. The topological polar surface area (TPSA) is 127 Å². The van der Waals surface area contributed by atoms with Crippen molar-refractivity contribution in [1.82, 2.24) is 5.32 Å². The normalized spacial score (nSPS) is 15.0. The van der Waals surface area contributed by atoms with Gasteiger partial charge in [0.25, 0.3) is 11.8 Å². The van der Waals surface area contributed by atoms with Gasteiger partial charge in [-0.05, 0) is 65.7 Å². The quantitative estimate of drug-likeness (QED) is 0.261. The minimum absolute atomic E-state index is 0.133. The lowest BCUT2D eigenvalue weighted by Gasteiger charge is -2.27. The Morgan fingerprint density at radius 1 is 0.978 bits per heavy atom. The van der Waals surface area contributed by atoms with Gasteiger partial charge in [-0.1, -0.05) is 44.2 Å². The number of fused-ring (bicyclic) bond motifs is 2. The molecule has 11 heteroatoms. The van der Waals surface area contributed by atoms with Crippen molar-refractivity contribution in [3.63, 3.8) is 0 Å². The zero-order chi connectivity index (χ0) is 33.0. The molecule has 0 saturated heterocycles. The fourth-order valence-electron chi connectivity index (χ4n) is 5.35. The number of alkyl halides is 2. The molecule has 1 aliphatic heterocycles. The molecule has 5 rings (SSSR count). The highest BCUT2D eigenvalue weighted by atomic mass is 19.3. The van der Waals surface area contributed by atoms with E-state index in [0.29, 0.717) is 22.9 Å². The van der Waals surface area contributed by atoms with E-state index >= 15 is 0 Å². The molecule has 1 aliphatic rings. The van der Waals surface area contributed by atoms with Crippen LogP contribution in [0.1, 0.15) is 47.3 Å². The summed E-state index contributed by atoms with van der Waals surface area (Å²) in [4.78, 5) is 44.3. The number of benzene rings is 4. The highest BCUT2D eigenvalue weighted by molar-refractivity contribution is 6.13. The number of anilines is 2. The Balaban J connectivity index is 1.70. The summed E-state index contributed by atoms with van der Waals surface area (Å²) in [6.45, 7) is -0.125. The molecule has 0 bridgehead atoms. The van der Waals surface area contributed by atoms with Crippen LogP contribution in [0.3, 0.4) is 0 Å². The molecule has 0 fully saturated rings. The molecule has 0 spiro atoms. The molecule has 0 saturated carbocycles. The van der Waals surface area contributed by atoms with E-state index in [1.165, 1.54) is 58.3 Å². The van der Waals surface area contributed by atoms with Gasteiger partial charge in [-0.25, -0.2) is 0 Å². The van der Waals surface area contributed by atoms with Gasteiger partial charge >= 0.3 is 6.61 Å². The van der Waals surface area contributed by atoms with Crippen LogP contribution in [0.4, 0.5) is 20.2 Å². The van der Waals surface area contributed by atoms with Crippen LogP contribution in [0.15, 0.2) is 78.9 Å². The first kappa shape index (κ1) is 31.6. The molecular formula is C35H29F2N5O4. The monoisotopic (exact) mass is 621 g/mol. The number of ether oxygens (including phenoxy) is 1. The number of nitriles is 2. The van der Waals surface area contributed by atoms with Crippen LogP contribution in [0.2, 0.25) is 0 Å². The zero-order valence-electron chi connectivity index (χ0n) is 25.0. The van der Waals surface area contributed by atoms with Crippen LogP contribution in [0.25, 0.3) is 10.8 Å². The molecule has 0 radical (unpaired) electrons. The minimum Gasteiger partial charge on any atom is -0.434 e. The van der Waals surface area contributed by atoms with Gasteiger partial charge in [0.2, 0.25) is 5.91 Å². The second-order valence-corrected chi connectivity index (χ2v) is 10.9. The van der Waals surface area contributed by atoms with Gasteiger partial charge < -0.3 is 19.9 Å². The Kier molecular flexibility index (Phi) is 9.24. The highest BCUT2D eigenvalue weighted by Crippen LogP contribution is 2.38. The lowest BCUT2D eigenvalue weighted by Crippen LogP contribution is -2.53. The number of hydrogen-bond acceptors (Lipinski definition) is 6. The SMILES string of the molecule is CC[C@@H](C)C(=O)N[C@H]1CN(C(=O)c2ccc(C#N)cc2)c2cc(C#N)ccc2N(Cc2c(OC(F)F)ccc3ccccc23)C1=O.